The van der Waals surface area contributed by atoms with Gasteiger partial charge in [-0.05, 0) is 23.6 Å². The molecule has 1 aromatic heterocycles. The highest BCUT2D eigenvalue weighted by atomic mass is 32.1. The molecule has 134 valence electrons. The standard InChI is InChI=1S/C18H22FN3O2S/c1-12(2)15-11-25-18(20-15)21-17(23)16(22-7-9-24-10-8-22)13-3-5-14(19)6-4-13/h3-6,11-12,16H,7-10H2,1-2H3,(H,20,21,23). The lowest BCUT2D eigenvalue weighted by atomic mass is 10.0. The van der Waals surface area contributed by atoms with Crippen LogP contribution in [-0.4, -0.2) is 42.1 Å². The van der Waals surface area contributed by atoms with Crippen molar-refractivity contribution in [1.82, 2.24) is 9.88 Å². The lowest BCUT2D eigenvalue weighted by molar-refractivity contribution is -0.123. The number of amides is 1. The minimum absolute atomic E-state index is 0.154. The van der Waals surface area contributed by atoms with Crippen LogP contribution in [0.1, 0.15) is 37.1 Å². The van der Waals surface area contributed by atoms with Crippen LogP contribution >= 0.6 is 11.3 Å². The van der Waals surface area contributed by atoms with Gasteiger partial charge < -0.3 is 10.1 Å². The predicted molar refractivity (Wildman–Crippen MR) is 96.4 cm³/mol. The molecule has 1 N–H and O–H groups in total. The number of nitrogens with one attached hydrogen (secondary N) is 1. The first-order chi connectivity index (χ1) is 12.0. The molecule has 0 bridgehead atoms. The SMILES string of the molecule is CC(C)c1csc(NC(=O)C(c2ccc(F)cc2)N2CCOCC2)n1. The number of ether oxygens (including phenoxy) is 1. The number of carbonyl (C=O) groups is 1. The minimum atomic E-state index is -0.490. The average molecular weight is 363 g/mol. The lowest BCUT2D eigenvalue weighted by Gasteiger charge is -2.33. The molecular weight excluding hydrogens is 341 g/mol. The number of hydrogen-bond acceptors (Lipinski definition) is 5. The van der Waals surface area contributed by atoms with Crippen LogP contribution in [0.4, 0.5) is 9.52 Å². The Morgan fingerprint density at radius 1 is 1.28 bits per heavy atom. The Kier molecular flexibility index (Phi) is 5.78. The Bertz CT molecular complexity index is 711. The fourth-order valence-electron chi connectivity index (χ4n) is 2.79. The zero-order valence-electron chi connectivity index (χ0n) is 14.4. The number of nitrogens with zero attached hydrogens (tertiary/aromatic N) is 2. The molecule has 0 spiro atoms. The highest BCUT2D eigenvalue weighted by Crippen LogP contribution is 2.26. The molecule has 2 aromatic rings. The summed E-state index contributed by atoms with van der Waals surface area (Å²) < 4.78 is 18.7. The monoisotopic (exact) mass is 363 g/mol. The summed E-state index contributed by atoms with van der Waals surface area (Å²) in [6, 6.07) is 5.61. The summed E-state index contributed by atoms with van der Waals surface area (Å²) in [7, 11) is 0. The van der Waals surface area contributed by atoms with Crippen molar-refractivity contribution >= 4 is 22.4 Å². The smallest absolute Gasteiger partial charge is 0.248 e. The summed E-state index contributed by atoms with van der Waals surface area (Å²) in [5, 5.41) is 5.47. The summed E-state index contributed by atoms with van der Waals surface area (Å²) in [6.45, 7) is 6.61. The third-order valence-corrected chi connectivity index (χ3v) is 4.96. The molecule has 1 aliphatic rings. The number of anilines is 1. The second-order valence-electron chi connectivity index (χ2n) is 6.32. The number of hydrogen-bond donors (Lipinski definition) is 1. The molecule has 7 heteroatoms. The van der Waals surface area contributed by atoms with E-state index < -0.39 is 6.04 Å². The van der Waals surface area contributed by atoms with Crippen LogP contribution in [0.5, 0.6) is 0 Å². The summed E-state index contributed by atoms with van der Waals surface area (Å²) in [5.41, 5.74) is 1.73. The summed E-state index contributed by atoms with van der Waals surface area (Å²) in [4.78, 5) is 19.5. The number of aromatic nitrogens is 1. The van der Waals surface area contributed by atoms with Crippen molar-refractivity contribution in [1.29, 1.82) is 0 Å². The van der Waals surface area contributed by atoms with E-state index in [1.807, 2.05) is 5.38 Å². The maximum absolute atomic E-state index is 13.3. The third-order valence-electron chi connectivity index (χ3n) is 4.19. The van der Waals surface area contributed by atoms with E-state index in [9.17, 15) is 9.18 Å². The molecule has 3 rings (SSSR count). The molecule has 5 nitrogen and oxygen atoms in total. The molecule has 25 heavy (non-hydrogen) atoms. The van der Waals surface area contributed by atoms with Gasteiger partial charge in [-0.25, -0.2) is 9.37 Å². The largest absolute Gasteiger partial charge is 0.379 e. The Morgan fingerprint density at radius 2 is 1.96 bits per heavy atom. The van der Waals surface area contributed by atoms with E-state index in [4.69, 9.17) is 4.74 Å². The molecule has 1 aliphatic heterocycles. The maximum Gasteiger partial charge on any atom is 0.248 e. The van der Waals surface area contributed by atoms with Crippen LogP contribution in [0.15, 0.2) is 29.6 Å². The molecule has 1 unspecified atom stereocenters. The molecule has 1 amide bonds. The van der Waals surface area contributed by atoms with Gasteiger partial charge in [0.15, 0.2) is 5.13 Å². The third kappa shape index (κ3) is 4.42. The summed E-state index contributed by atoms with van der Waals surface area (Å²) >= 11 is 1.42. The number of benzene rings is 1. The molecule has 1 aromatic carbocycles. The number of halogens is 1. The first kappa shape index (κ1) is 18.0. The zero-order chi connectivity index (χ0) is 17.8. The first-order valence-corrected chi connectivity index (χ1v) is 9.26. The molecule has 2 heterocycles. The second kappa shape index (κ2) is 8.03. The maximum atomic E-state index is 13.3. The van der Waals surface area contributed by atoms with Gasteiger partial charge >= 0.3 is 0 Å². The van der Waals surface area contributed by atoms with Gasteiger partial charge in [0.1, 0.15) is 11.9 Å². The Labute approximate surface area is 150 Å². The highest BCUT2D eigenvalue weighted by molar-refractivity contribution is 7.13. The molecule has 0 aliphatic carbocycles. The van der Waals surface area contributed by atoms with Crippen LogP contribution < -0.4 is 5.32 Å². The van der Waals surface area contributed by atoms with Crippen LogP contribution in [0, 0.1) is 5.82 Å². The van der Waals surface area contributed by atoms with Crippen molar-refractivity contribution in [3.05, 3.63) is 46.7 Å². The topological polar surface area (TPSA) is 54.5 Å². The minimum Gasteiger partial charge on any atom is -0.379 e. The van der Waals surface area contributed by atoms with E-state index in [1.54, 1.807) is 12.1 Å². The van der Waals surface area contributed by atoms with Crippen molar-refractivity contribution in [2.45, 2.75) is 25.8 Å². The quantitative estimate of drug-likeness (QED) is 0.884. The van der Waals surface area contributed by atoms with Crippen LogP contribution in [0.2, 0.25) is 0 Å². The van der Waals surface area contributed by atoms with Crippen molar-refractivity contribution in [3.63, 3.8) is 0 Å². The van der Waals surface area contributed by atoms with E-state index in [2.05, 4.69) is 29.0 Å². The van der Waals surface area contributed by atoms with Crippen LogP contribution in [0.25, 0.3) is 0 Å². The molecule has 1 saturated heterocycles. The number of thiazole rings is 1. The van der Waals surface area contributed by atoms with Crippen molar-refractivity contribution in [2.75, 3.05) is 31.6 Å². The Hall–Kier alpha value is -1.83. The van der Waals surface area contributed by atoms with Gasteiger partial charge in [-0.2, -0.15) is 0 Å². The first-order valence-electron chi connectivity index (χ1n) is 8.38. The van der Waals surface area contributed by atoms with Crippen molar-refractivity contribution in [3.8, 4) is 0 Å². The normalized spacial score (nSPS) is 16.8. The number of rotatable bonds is 5. The van der Waals surface area contributed by atoms with E-state index in [0.717, 1.165) is 11.3 Å². The van der Waals surface area contributed by atoms with Crippen LogP contribution in [0.3, 0.4) is 0 Å². The number of morpholine rings is 1. The second-order valence-corrected chi connectivity index (χ2v) is 7.18. The Balaban J connectivity index is 1.81. The van der Waals surface area contributed by atoms with Crippen molar-refractivity contribution < 1.29 is 13.9 Å². The van der Waals surface area contributed by atoms with Gasteiger partial charge in [-0.3, -0.25) is 9.69 Å². The van der Waals surface area contributed by atoms with E-state index >= 15 is 0 Å². The highest BCUT2D eigenvalue weighted by Gasteiger charge is 2.29. The fourth-order valence-corrected chi connectivity index (χ4v) is 3.67. The molecule has 0 saturated carbocycles. The van der Waals surface area contributed by atoms with Gasteiger partial charge in [0.2, 0.25) is 5.91 Å². The zero-order valence-corrected chi connectivity index (χ0v) is 15.2. The summed E-state index contributed by atoms with van der Waals surface area (Å²) in [5.74, 6) is -0.154. The van der Waals surface area contributed by atoms with Crippen molar-refractivity contribution in [2.24, 2.45) is 0 Å². The van der Waals surface area contributed by atoms with Gasteiger partial charge in [-0.1, -0.05) is 26.0 Å². The molecule has 1 atom stereocenters. The van der Waals surface area contributed by atoms with Gasteiger partial charge in [-0.15, -0.1) is 11.3 Å². The average Bonchev–Trinajstić information content (AvgIpc) is 3.07. The number of carbonyl (C=O) groups excluding carboxylic acids is 1. The molecular formula is C18H22FN3O2S. The van der Waals surface area contributed by atoms with Crippen LogP contribution in [-0.2, 0) is 9.53 Å². The molecule has 1 fully saturated rings. The van der Waals surface area contributed by atoms with Gasteiger partial charge in [0.25, 0.3) is 0 Å². The van der Waals surface area contributed by atoms with E-state index in [1.165, 1.54) is 23.5 Å². The van der Waals surface area contributed by atoms with Gasteiger partial charge in [0.05, 0.1) is 18.9 Å². The lowest BCUT2D eigenvalue weighted by Crippen LogP contribution is -2.43. The predicted octanol–water partition coefficient (Wildman–Crippen LogP) is 3.42. The molecule has 0 radical (unpaired) electrons. The van der Waals surface area contributed by atoms with Gasteiger partial charge in [0, 0.05) is 18.5 Å². The summed E-state index contributed by atoms with van der Waals surface area (Å²) in [6.07, 6.45) is 0. The Morgan fingerprint density at radius 3 is 2.56 bits per heavy atom. The van der Waals surface area contributed by atoms with E-state index in [-0.39, 0.29) is 11.7 Å². The fraction of sp³-hybridized carbons (Fsp3) is 0.444. The van der Waals surface area contributed by atoms with E-state index in [0.29, 0.717) is 37.4 Å².